The highest BCUT2D eigenvalue weighted by atomic mass is 16.5. The lowest BCUT2D eigenvalue weighted by Gasteiger charge is -2.13. The Bertz CT molecular complexity index is 66.8. The lowest BCUT2D eigenvalue weighted by atomic mass is 10.1. The predicted molar refractivity (Wildman–Crippen MR) is 35.6 cm³/mol. The van der Waals surface area contributed by atoms with Gasteiger partial charge in [0.2, 0.25) is 0 Å². The second-order valence-corrected chi connectivity index (χ2v) is 2.25. The Morgan fingerprint density at radius 1 is 1.38 bits per heavy atom. The molecule has 0 aliphatic carbocycles. The molecule has 1 nitrogen and oxygen atoms in total. The van der Waals surface area contributed by atoms with Gasteiger partial charge >= 0.3 is 0 Å². The molecular weight excluding hydrogens is 100 g/mol. The first-order chi connectivity index (χ1) is 3.68. The van der Waals surface area contributed by atoms with E-state index in [1.807, 2.05) is 6.92 Å². The van der Waals surface area contributed by atoms with Gasteiger partial charge in [-0.05, 0) is 12.8 Å². The van der Waals surface area contributed by atoms with E-state index in [0.717, 1.165) is 0 Å². The molecule has 0 rings (SSSR count). The molecule has 0 aromatic carbocycles. The number of ether oxygens (including phenoxy) is 1. The number of hydrogen-bond donors (Lipinski definition) is 0. The van der Waals surface area contributed by atoms with Gasteiger partial charge in [-0.2, -0.15) is 0 Å². The number of hydrogen-bond acceptors (Lipinski definition) is 1. The van der Waals surface area contributed by atoms with Gasteiger partial charge in [0.05, 0.1) is 12.4 Å². The van der Waals surface area contributed by atoms with E-state index in [-0.39, 0.29) is 0 Å². The number of rotatable bonds is 3. The van der Waals surface area contributed by atoms with Crippen LogP contribution in [0.15, 0.2) is 12.8 Å². The quantitative estimate of drug-likeness (QED) is 0.511. The van der Waals surface area contributed by atoms with Crippen LogP contribution in [-0.2, 0) is 4.74 Å². The van der Waals surface area contributed by atoms with Crippen molar-refractivity contribution < 1.29 is 4.74 Å². The monoisotopic (exact) mass is 114 g/mol. The fraction of sp³-hybridized carbons (Fsp3) is 0.714. The summed E-state index contributed by atoms with van der Waals surface area (Å²) < 4.78 is 5.07. The van der Waals surface area contributed by atoms with Gasteiger partial charge in [-0.25, -0.2) is 0 Å². The third kappa shape index (κ3) is 2.67. The maximum atomic E-state index is 5.07. The largest absolute Gasteiger partial charge is 0.499 e. The van der Waals surface area contributed by atoms with Gasteiger partial charge in [0.25, 0.3) is 0 Å². The Morgan fingerprint density at radius 3 is 2.00 bits per heavy atom. The molecule has 1 unspecified atom stereocenters. The van der Waals surface area contributed by atoms with Crippen LogP contribution in [0.4, 0.5) is 0 Å². The Hall–Kier alpha value is -0.460. The lowest BCUT2D eigenvalue weighted by molar-refractivity contribution is 0.119. The first-order valence-electron chi connectivity index (χ1n) is 2.95. The summed E-state index contributed by atoms with van der Waals surface area (Å²) in [5.74, 6) is 0.577. The van der Waals surface area contributed by atoms with Gasteiger partial charge in [-0.1, -0.05) is 20.4 Å². The van der Waals surface area contributed by atoms with E-state index in [1.54, 1.807) is 0 Å². The van der Waals surface area contributed by atoms with Gasteiger partial charge in [0.15, 0.2) is 0 Å². The van der Waals surface area contributed by atoms with Crippen LogP contribution in [0, 0.1) is 5.92 Å². The van der Waals surface area contributed by atoms with Crippen molar-refractivity contribution in [3.05, 3.63) is 12.8 Å². The SMILES string of the molecule is C=COC(C)C(C)C. The summed E-state index contributed by atoms with van der Waals surface area (Å²) in [6.07, 6.45) is 1.79. The smallest absolute Gasteiger partial charge is 0.0972 e. The minimum atomic E-state index is 0.299. The molecule has 0 saturated heterocycles. The van der Waals surface area contributed by atoms with Crippen LogP contribution in [-0.4, -0.2) is 6.10 Å². The van der Waals surface area contributed by atoms with Crippen LogP contribution >= 0.6 is 0 Å². The zero-order valence-electron chi connectivity index (χ0n) is 5.85. The molecule has 0 aliphatic rings. The van der Waals surface area contributed by atoms with Crippen LogP contribution in [0.1, 0.15) is 20.8 Å². The highest BCUT2D eigenvalue weighted by Gasteiger charge is 2.03. The second-order valence-electron chi connectivity index (χ2n) is 2.25. The van der Waals surface area contributed by atoms with E-state index >= 15 is 0 Å². The van der Waals surface area contributed by atoms with Crippen LogP contribution in [0.2, 0.25) is 0 Å². The zero-order chi connectivity index (χ0) is 6.57. The standard InChI is InChI=1S/C7H14O/c1-5-8-7(4)6(2)3/h5-7H,1H2,2-4H3. The summed E-state index contributed by atoms with van der Waals surface area (Å²) in [6.45, 7) is 9.73. The van der Waals surface area contributed by atoms with Crippen LogP contribution in [0.25, 0.3) is 0 Å². The van der Waals surface area contributed by atoms with E-state index in [2.05, 4.69) is 20.4 Å². The first kappa shape index (κ1) is 7.54. The Balaban J connectivity index is 3.30. The minimum Gasteiger partial charge on any atom is -0.499 e. The van der Waals surface area contributed by atoms with E-state index in [0.29, 0.717) is 12.0 Å². The highest BCUT2D eigenvalue weighted by molar-refractivity contribution is 4.59. The van der Waals surface area contributed by atoms with E-state index < -0.39 is 0 Å². The van der Waals surface area contributed by atoms with Gasteiger partial charge < -0.3 is 4.74 Å². The molecule has 0 bridgehead atoms. The molecule has 0 saturated carbocycles. The molecule has 0 fully saturated rings. The molecule has 1 heteroatoms. The topological polar surface area (TPSA) is 9.23 Å². The van der Waals surface area contributed by atoms with Gasteiger partial charge in [-0.3, -0.25) is 0 Å². The molecule has 48 valence electrons. The van der Waals surface area contributed by atoms with Crippen molar-refractivity contribution in [2.75, 3.05) is 0 Å². The molecule has 0 radical (unpaired) electrons. The maximum Gasteiger partial charge on any atom is 0.0972 e. The predicted octanol–water partition coefficient (Wildman–Crippen LogP) is 2.19. The Labute approximate surface area is 51.4 Å². The summed E-state index contributed by atoms with van der Waals surface area (Å²) in [6, 6.07) is 0. The molecule has 0 aromatic heterocycles. The van der Waals surface area contributed by atoms with Crippen molar-refractivity contribution in [2.24, 2.45) is 5.92 Å². The zero-order valence-corrected chi connectivity index (χ0v) is 5.85. The molecule has 1 atom stereocenters. The Kier molecular flexibility index (Phi) is 3.33. The first-order valence-corrected chi connectivity index (χ1v) is 2.95. The molecule has 0 N–H and O–H groups in total. The van der Waals surface area contributed by atoms with Crippen LogP contribution < -0.4 is 0 Å². The molecule has 8 heavy (non-hydrogen) atoms. The summed E-state index contributed by atoms with van der Waals surface area (Å²) in [5, 5.41) is 0. The summed E-state index contributed by atoms with van der Waals surface area (Å²) in [7, 11) is 0. The van der Waals surface area contributed by atoms with Crippen molar-refractivity contribution in [1.82, 2.24) is 0 Å². The summed E-state index contributed by atoms with van der Waals surface area (Å²) >= 11 is 0. The summed E-state index contributed by atoms with van der Waals surface area (Å²) in [4.78, 5) is 0. The minimum absolute atomic E-state index is 0.299. The van der Waals surface area contributed by atoms with Gasteiger partial charge in [0.1, 0.15) is 0 Å². The normalized spacial score (nSPS) is 13.5. The fourth-order valence-electron chi connectivity index (χ4n) is 0.309. The lowest BCUT2D eigenvalue weighted by Crippen LogP contribution is -2.11. The van der Waals surface area contributed by atoms with E-state index in [4.69, 9.17) is 4.74 Å². The van der Waals surface area contributed by atoms with Crippen molar-refractivity contribution in [2.45, 2.75) is 26.9 Å². The van der Waals surface area contributed by atoms with Crippen LogP contribution in [0.5, 0.6) is 0 Å². The maximum absolute atomic E-state index is 5.07. The molecule has 0 amide bonds. The van der Waals surface area contributed by atoms with Crippen molar-refractivity contribution in [1.29, 1.82) is 0 Å². The third-order valence-electron chi connectivity index (χ3n) is 1.25. The average molecular weight is 114 g/mol. The van der Waals surface area contributed by atoms with Crippen LogP contribution in [0.3, 0.4) is 0 Å². The van der Waals surface area contributed by atoms with Crippen molar-refractivity contribution >= 4 is 0 Å². The van der Waals surface area contributed by atoms with E-state index in [9.17, 15) is 0 Å². The second kappa shape index (κ2) is 3.53. The van der Waals surface area contributed by atoms with Crippen molar-refractivity contribution in [3.63, 3.8) is 0 Å². The van der Waals surface area contributed by atoms with Gasteiger partial charge in [0, 0.05) is 0 Å². The fourth-order valence-corrected chi connectivity index (χ4v) is 0.309. The van der Waals surface area contributed by atoms with E-state index in [1.165, 1.54) is 6.26 Å². The average Bonchev–Trinajstić information content (AvgIpc) is 1.67. The summed E-state index contributed by atoms with van der Waals surface area (Å²) in [5.41, 5.74) is 0. The Morgan fingerprint density at radius 2 is 1.88 bits per heavy atom. The molecule has 0 spiro atoms. The molecule has 0 aliphatic heterocycles. The molecule has 0 aromatic rings. The third-order valence-corrected chi connectivity index (χ3v) is 1.25. The molecule has 0 heterocycles. The highest BCUT2D eigenvalue weighted by Crippen LogP contribution is 2.03. The van der Waals surface area contributed by atoms with Gasteiger partial charge in [-0.15, -0.1) is 0 Å². The molecular formula is C7H14O. The van der Waals surface area contributed by atoms with Crippen molar-refractivity contribution in [3.8, 4) is 0 Å².